The predicted molar refractivity (Wildman–Crippen MR) is 203 cm³/mol. The fourth-order valence-electron chi connectivity index (χ4n) is 8.38. The van der Waals surface area contributed by atoms with Crippen LogP contribution in [0.25, 0.3) is 11.3 Å². The molecule has 3 heterocycles. The Morgan fingerprint density at radius 2 is 1.87 bits per heavy atom. The van der Waals surface area contributed by atoms with Crippen LogP contribution < -0.4 is 9.46 Å². The molecule has 3 aromatic rings. The number of ketones is 1. The van der Waals surface area contributed by atoms with Crippen LogP contribution in [0.15, 0.2) is 66.9 Å². The minimum absolute atomic E-state index is 0.139. The van der Waals surface area contributed by atoms with Crippen LogP contribution in [0.3, 0.4) is 0 Å². The lowest BCUT2D eigenvalue weighted by atomic mass is 9.89. The molecule has 3 fully saturated rings. The summed E-state index contributed by atoms with van der Waals surface area (Å²) in [5.74, 6) is -2.29. The van der Waals surface area contributed by atoms with Gasteiger partial charge in [-0.2, -0.15) is 0 Å². The number of allylic oxidation sites excluding steroid dienone is 2. The van der Waals surface area contributed by atoms with Crippen molar-refractivity contribution in [1.29, 1.82) is 0 Å². The summed E-state index contributed by atoms with van der Waals surface area (Å²) >= 11 is 0. The number of Topliss-reactive ketones (excluding diaryl/α,β-unsaturated/α-hetero) is 1. The molecule has 1 aromatic heterocycles. The summed E-state index contributed by atoms with van der Waals surface area (Å²) in [6.07, 6.45) is 10.7. The molecular formula is C42H51FN4O6S. The number of imidazole rings is 1. The monoisotopic (exact) mass is 758 g/mol. The van der Waals surface area contributed by atoms with Crippen molar-refractivity contribution in [2.75, 3.05) is 6.54 Å². The standard InChI is InChI=1S/C42H51FN4O6S/c1-4-46-36(30-13-10-8-11-14-30)26-44-40(46)53-34-23-35-37(48)25-42(39(50)45-54(51,52)41(3)17-18-41)24-32(42)16-12-7-5-6-9-15-31(38(49)47(35)27-34)21-29-19-28(2)20-33(43)22-29/h8,10-14,16,19-20,22,26,31-32,34-35H,4-7,9,15,17-18,21,23-25,27H2,1-3H3,(H,45,50)/b16-12-/t31-,32-,34-,35+,42-/m1/s1. The van der Waals surface area contributed by atoms with E-state index in [1.807, 2.05) is 67.0 Å². The predicted octanol–water partition coefficient (Wildman–Crippen LogP) is 6.71. The average molecular weight is 759 g/mol. The van der Waals surface area contributed by atoms with Crippen LogP contribution in [0.2, 0.25) is 0 Å². The summed E-state index contributed by atoms with van der Waals surface area (Å²) in [6.45, 7) is 6.18. The molecule has 2 aliphatic heterocycles. The van der Waals surface area contributed by atoms with Crippen LogP contribution in [0.1, 0.15) is 89.2 Å². The van der Waals surface area contributed by atoms with Crippen molar-refractivity contribution < 1.29 is 31.9 Å². The van der Waals surface area contributed by atoms with Gasteiger partial charge in [0.05, 0.1) is 34.6 Å². The van der Waals surface area contributed by atoms with Gasteiger partial charge in [0.25, 0.3) is 6.01 Å². The number of aryl methyl sites for hydroxylation is 1. The van der Waals surface area contributed by atoms with Crippen LogP contribution in [0.4, 0.5) is 4.39 Å². The van der Waals surface area contributed by atoms with Gasteiger partial charge in [0, 0.05) is 25.3 Å². The van der Waals surface area contributed by atoms with Gasteiger partial charge in [0.2, 0.25) is 21.8 Å². The van der Waals surface area contributed by atoms with E-state index >= 15 is 0 Å². The van der Waals surface area contributed by atoms with E-state index in [-0.39, 0.29) is 42.8 Å². The topological polar surface area (TPSA) is 128 Å². The smallest absolute Gasteiger partial charge is 0.297 e. The third-order valence-corrected chi connectivity index (χ3v) is 14.2. The van der Waals surface area contributed by atoms with Crippen molar-refractivity contribution in [3.05, 3.63) is 83.8 Å². The average Bonchev–Trinajstić information content (AvgIpc) is 3.94. The van der Waals surface area contributed by atoms with E-state index in [0.29, 0.717) is 44.7 Å². The number of nitrogens with zero attached hydrogens (tertiary/aromatic N) is 3. The maximum atomic E-state index is 14.7. The van der Waals surface area contributed by atoms with Crippen molar-refractivity contribution >= 4 is 27.6 Å². The van der Waals surface area contributed by atoms with Crippen molar-refractivity contribution in [2.24, 2.45) is 17.3 Å². The van der Waals surface area contributed by atoms with Crippen molar-refractivity contribution in [3.8, 4) is 17.3 Å². The van der Waals surface area contributed by atoms with Crippen LogP contribution in [-0.4, -0.2) is 63.9 Å². The number of hydrogen-bond acceptors (Lipinski definition) is 7. The van der Waals surface area contributed by atoms with Gasteiger partial charge in [-0.25, -0.2) is 17.8 Å². The van der Waals surface area contributed by atoms with Gasteiger partial charge >= 0.3 is 0 Å². The molecule has 288 valence electrons. The van der Waals surface area contributed by atoms with E-state index in [0.717, 1.165) is 48.1 Å². The Hall–Kier alpha value is -4.32. The van der Waals surface area contributed by atoms with E-state index in [4.69, 9.17) is 4.74 Å². The fourth-order valence-corrected chi connectivity index (χ4v) is 9.71. The zero-order chi connectivity index (χ0) is 38.3. The zero-order valence-electron chi connectivity index (χ0n) is 31.4. The molecule has 0 spiro atoms. The number of carbonyl (C=O) groups excluding carboxylic acids is 3. The Morgan fingerprint density at radius 1 is 1.09 bits per heavy atom. The largest absolute Gasteiger partial charge is 0.459 e. The highest BCUT2D eigenvalue weighted by atomic mass is 32.2. The number of aromatic nitrogens is 2. The van der Waals surface area contributed by atoms with E-state index in [2.05, 4.69) is 9.71 Å². The summed E-state index contributed by atoms with van der Waals surface area (Å²) < 4.78 is 50.8. The van der Waals surface area contributed by atoms with Gasteiger partial charge in [0.1, 0.15) is 11.9 Å². The van der Waals surface area contributed by atoms with Gasteiger partial charge in [-0.05, 0) is 100 Å². The molecule has 2 amide bonds. The first-order valence-corrected chi connectivity index (χ1v) is 20.9. The molecule has 5 atom stereocenters. The van der Waals surface area contributed by atoms with Crippen LogP contribution in [-0.2, 0) is 37.4 Å². The number of nitrogens with one attached hydrogen (secondary N) is 1. The molecule has 7 rings (SSSR count). The first-order valence-electron chi connectivity index (χ1n) is 19.4. The molecule has 0 bridgehead atoms. The Morgan fingerprint density at radius 3 is 2.59 bits per heavy atom. The van der Waals surface area contributed by atoms with Crippen LogP contribution in [0.5, 0.6) is 6.01 Å². The third-order valence-electron chi connectivity index (χ3n) is 12.0. The minimum Gasteiger partial charge on any atom is -0.459 e. The number of benzene rings is 2. The lowest BCUT2D eigenvalue weighted by Gasteiger charge is -2.29. The third kappa shape index (κ3) is 7.76. The lowest BCUT2D eigenvalue weighted by molar-refractivity contribution is -0.142. The van der Waals surface area contributed by atoms with E-state index < -0.39 is 44.2 Å². The summed E-state index contributed by atoms with van der Waals surface area (Å²) in [7, 11) is -3.92. The highest BCUT2D eigenvalue weighted by Gasteiger charge is 2.62. The van der Waals surface area contributed by atoms with Crippen LogP contribution in [0, 0.1) is 30.0 Å². The number of carbonyl (C=O) groups is 3. The number of amides is 2. The molecule has 54 heavy (non-hydrogen) atoms. The van der Waals surface area contributed by atoms with Gasteiger partial charge in [0.15, 0.2) is 5.78 Å². The molecule has 0 radical (unpaired) electrons. The number of hydrogen-bond donors (Lipinski definition) is 1. The molecular weight excluding hydrogens is 708 g/mol. The molecule has 1 N–H and O–H groups in total. The summed E-state index contributed by atoms with van der Waals surface area (Å²) in [5, 5.41) is 0. The summed E-state index contributed by atoms with van der Waals surface area (Å²) in [6, 6.07) is 14.2. The Labute approximate surface area is 317 Å². The zero-order valence-corrected chi connectivity index (χ0v) is 32.2. The lowest BCUT2D eigenvalue weighted by Crippen LogP contribution is -2.47. The van der Waals surface area contributed by atoms with Gasteiger partial charge in [-0.1, -0.05) is 61.4 Å². The second-order valence-electron chi connectivity index (χ2n) is 16.1. The molecule has 2 aliphatic carbocycles. The first kappa shape index (κ1) is 38.0. The van der Waals surface area contributed by atoms with E-state index in [9.17, 15) is 27.2 Å². The molecule has 0 unspecified atom stereocenters. The molecule has 2 aromatic carbocycles. The molecule has 10 nitrogen and oxygen atoms in total. The van der Waals surface area contributed by atoms with Gasteiger partial charge < -0.3 is 9.64 Å². The molecule has 1 saturated heterocycles. The highest BCUT2D eigenvalue weighted by molar-refractivity contribution is 7.91. The SMILES string of the molecule is CCn1c(-c2ccccc2)cnc1O[C@@H]1C[C@H]2C(=O)C[C@]3(C(=O)NS(=O)(=O)C4(C)CC4)C[C@H]3/C=C\CCCCC[C@H](Cc3cc(C)cc(F)c3)C(=O)N2C1. The number of fused-ring (bicyclic) bond motifs is 2. The second kappa shape index (κ2) is 15.1. The summed E-state index contributed by atoms with van der Waals surface area (Å²) in [4.78, 5) is 49.5. The maximum Gasteiger partial charge on any atom is 0.297 e. The number of rotatable bonds is 9. The Bertz CT molecular complexity index is 2020. The second-order valence-corrected chi connectivity index (χ2v) is 18.3. The van der Waals surface area contributed by atoms with Crippen molar-refractivity contribution in [2.45, 2.75) is 115 Å². The summed E-state index contributed by atoms with van der Waals surface area (Å²) in [5.41, 5.74) is 2.14. The van der Waals surface area contributed by atoms with Gasteiger partial charge in [-0.3, -0.25) is 23.7 Å². The number of ether oxygens (including phenoxy) is 1. The first-order chi connectivity index (χ1) is 25.8. The minimum atomic E-state index is -3.92. The normalized spacial score (nSPS) is 27.6. The van der Waals surface area contributed by atoms with Crippen molar-refractivity contribution in [3.63, 3.8) is 0 Å². The van der Waals surface area contributed by atoms with Crippen LogP contribution >= 0.6 is 0 Å². The maximum absolute atomic E-state index is 14.7. The Kier molecular flexibility index (Phi) is 10.6. The number of halogens is 1. The van der Waals surface area contributed by atoms with E-state index in [1.165, 1.54) is 12.1 Å². The fraction of sp³-hybridized carbons (Fsp3) is 0.524. The molecule has 2 saturated carbocycles. The Balaban J connectivity index is 1.20. The highest BCUT2D eigenvalue weighted by Crippen LogP contribution is 2.57. The molecule has 4 aliphatic rings. The molecule has 12 heteroatoms. The van der Waals surface area contributed by atoms with Gasteiger partial charge in [-0.15, -0.1) is 0 Å². The van der Waals surface area contributed by atoms with E-state index in [1.54, 1.807) is 18.0 Å². The number of sulfonamides is 1. The van der Waals surface area contributed by atoms with Crippen molar-refractivity contribution in [1.82, 2.24) is 19.2 Å². The quantitative estimate of drug-likeness (QED) is 0.241.